The Kier molecular flexibility index (Phi) is 6.00. The maximum Gasteiger partial charge on any atom is 0.317 e. The summed E-state index contributed by atoms with van der Waals surface area (Å²) in [5.41, 5.74) is 1.20. The molecule has 4 nitrogen and oxygen atoms in total. The van der Waals surface area contributed by atoms with Gasteiger partial charge in [-0.1, -0.05) is 31.4 Å². The number of carbonyl (C=O) groups is 1. The average Bonchev–Trinajstić information content (AvgIpc) is 3.11. The molecule has 2 aliphatic rings. The lowest BCUT2D eigenvalue weighted by molar-refractivity contribution is 0.156. The Morgan fingerprint density at radius 2 is 1.83 bits per heavy atom. The van der Waals surface area contributed by atoms with Crippen molar-refractivity contribution in [2.45, 2.75) is 63.8 Å². The third kappa shape index (κ3) is 4.43. The molecule has 1 atom stereocenters. The molecule has 1 saturated heterocycles. The molecule has 132 valence electrons. The van der Waals surface area contributed by atoms with Crippen LogP contribution in [0.4, 0.5) is 4.79 Å². The van der Waals surface area contributed by atoms with Gasteiger partial charge in [0.15, 0.2) is 0 Å². The third-order valence-electron chi connectivity index (χ3n) is 5.61. The van der Waals surface area contributed by atoms with E-state index in [2.05, 4.69) is 10.2 Å². The summed E-state index contributed by atoms with van der Waals surface area (Å²) < 4.78 is 0. The summed E-state index contributed by atoms with van der Waals surface area (Å²) in [7, 11) is 0. The molecule has 0 bridgehead atoms. The molecule has 4 heteroatoms. The zero-order valence-corrected chi connectivity index (χ0v) is 14.5. The number of nitrogens with zero attached hydrogens (tertiary/aromatic N) is 1. The number of carbonyl (C=O) groups excluding carboxylic acids is 1. The molecule has 2 N–H and O–H groups in total. The van der Waals surface area contributed by atoms with Crippen LogP contribution >= 0.6 is 0 Å². The lowest BCUT2D eigenvalue weighted by atomic mass is 9.83. The second-order valence-electron chi connectivity index (χ2n) is 7.30. The number of phenols is 1. The van der Waals surface area contributed by atoms with E-state index in [9.17, 15) is 9.90 Å². The summed E-state index contributed by atoms with van der Waals surface area (Å²) in [4.78, 5) is 14.6. The van der Waals surface area contributed by atoms with Gasteiger partial charge in [-0.3, -0.25) is 0 Å². The SMILES string of the molecule is O=C(NCCCc1ccc(O)cc1)N1CCCC1C1CCCCC1. The van der Waals surface area contributed by atoms with E-state index >= 15 is 0 Å². The zero-order chi connectivity index (χ0) is 16.8. The topological polar surface area (TPSA) is 52.6 Å². The van der Waals surface area contributed by atoms with Gasteiger partial charge >= 0.3 is 6.03 Å². The van der Waals surface area contributed by atoms with E-state index in [1.807, 2.05) is 12.1 Å². The quantitative estimate of drug-likeness (QED) is 0.799. The van der Waals surface area contributed by atoms with Crippen LogP contribution in [0, 0.1) is 5.92 Å². The van der Waals surface area contributed by atoms with Gasteiger partial charge < -0.3 is 15.3 Å². The monoisotopic (exact) mass is 330 g/mol. The number of urea groups is 1. The predicted octanol–water partition coefficient (Wildman–Crippen LogP) is 4.08. The van der Waals surface area contributed by atoms with Gasteiger partial charge in [0.05, 0.1) is 0 Å². The zero-order valence-electron chi connectivity index (χ0n) is 14.5. The van der Waals surface area contributed by atoms with Gasteiger partial charge in [0.25, 0.3) is 0 Å². The van der Waals surface area contributed by atoms with Crippen LogP contribution in [0.5, 0.6) is 5.75 Å². The number of likely N-dealkylation sites (tertiary alicyclic amines) is 1. The molecule has 2 amide bonds. The Labute approximate surface area is 145 Å². The van der Waals surface area contributed by atoms with E-state index in [0.717, 1.165) is 31.7 Å². The summed E-state index contributed by atoms with van der Waals surface area (Å²) in [5, 5.41) is 12.4. The first kappa shape index (κ1) is 17.1. The van der Waals surface area contributed by atoms with Crippen LogP contribution in [0.1, 0.15) is 56.9 Å². The van der Waals surface area contributed by atoms with Gasteiger partial charge in [-0.05, 0) is 62.1 Å². The third-order valence-corrected chi connectivity index (χ3v) is 5.61. The van der Waals surface area contributed by atoms with Crippen molar-refractivity contribution in [1.29, 1.82) is 0 Å². The highest BCUT2D eigenvalue weighted by Crippen LogP contribution is 2.34. The fraction of sp³-hybridized carbons (Fsp3) is 0.650. The predicted molar refractivity (Wildman–Crippen MR) is 96.1 cm³/mol. The van der Waals surface area contributed by atoms with E-state index in [1.54, 1.807) is 12.1 Å². The van der Waals surface area contributed by atoms with Crippen LogP contribution in [-0.2, 0) is 6.42 Å². The second kappa shape index (κ2) is 8.41. The van der Waals surface area contributed by atoms with Gasteiger partial charge in [0.2, 0.25) is 0 Å². The Hall–Kier alpha value is -1.71. The molecular weight excluding hydrogens is 300 g/mol. The van der Waals surface area contributed by atoms with Gasteiger partial charge in [0, 0.05) is 19.1 Å². The highest BCUT2D eigenvalue weighted by Gasteiger charge is 2.34. The molecular formula is C20H30N2O2. The maximum atomic E-state index is 12.5. The molecule has 24 heavy (non-hydrogen) atoms. The minimum absolute atomic E-state index is 0.133. The minimum Gasteiger partial charge on any atom is -0.508 e. The molecule has 0 radical (unpaired) electrons. The Bertz CT molecular complexity index is 523. The molecule has 1 saturated carbocycles. The number of benzene rings is 1. The highest BCUT2D eigenvalue weighted by atomic mass is 16.3. The number of hydrogen-bond donors (Lipinski definition) is 2. The van der Waals surface area contributed by atoms with Gasteiger partial charge in [-0.2, -0.15) is 0 Å². The summed E-state index contributed by atoms with van der Waals surface area (Å²) >= 11 is 0. The van der Waals surface area contributed by atoms with Crippen LogP contribution in [0.25, 0.3) is 0 Å². The first-order valence-electron chi connectivity index (χ1n) is 9.56. The van der Waals surface area contributed by atoms with Crippen molar-refractivity contribution in [2.24, 2.45) is 5.92 Å². The molecule has 1 aliphatic carbocycles. The maximum absolute atomic E-state index is 12.5. The molecule has 1 unspecified atom stereocenters. The van der Waals surface area contributed by atoms with Crippen LogP contribution in [-0.4, -0.2) is 35.2 Å². The lowest BCUT2D eigenvalue weighted by Gasteiger charge is -2.34. The number of aromatic hydroxyl groups is 1. The number of nitrogens with one attached hydrogen (secondary N) is 1. The number of hydrogen-bond acceptors (Lipinski definition) is 2. The van der Waals surface area contributed by atoms with Gasteiger partial charge in [-0.15, -0.1) is 0 Å². The van der Waals surface area contributed by atoms with Crippen LogP contribution in [0.2, 0.25) is 0 Å². The van der Waals surface area contributed by atoms with Crippen molar-refractivity contribution in [3.8, 4) is 5.75 Å². The van der Waals surface area contributed by atoms with Crippen LogP contribution in [0.3, 0.4) is 0 Å². The van der Waals surface area contributed by atoms with Gasteiger partial charge in [0.1, 0.15) is 5.75 Å². The lowest BCUT2D eigenvalue weighted by Crippen LogP contribution is -2.46. The summed E-state index contributed by atoms with van der Waals surface area (Å²) in [6.45, 7) is 1.64. The molecule has 0 spiro atoms. The second-order valence-corrected chi connectivity index (χ2v) is 7.30. The molecule has 1 aromatic rings. The van der Waals surface area contributed by atoms with E-state index in [0.29, 0.717) is 18.3 Å². The van der Waals surface area contributed by atoms with Crippen LogP contribution < -0.4 is 5.32 Å². The first-order valence-corrected chi connectivity index (χ1v) is 9.56. The molecule has 2 fully saturated rings. The number of aryl methyl sites for hydroxylation is 1. The van der Waals surface area contributed by atoms with Crippen molar-refractivity contribution in [2.75, 3.05) is 13.1 Å². The smallest absolute Gasteiger partial charge is 0.317 e. The molecule has 1 aromatic carbocycles. The largest absolute Gasteiger partial charge is 0.508 e. The molecule has 0 aromatic heterocycles. The first-order chi connectivity index (χ1) is 11.7. The number of rotatable bonds is 5. The van der Waals surface area contributed by atoms with Crippen molar-refractivity contribution in [3.63, 3.8) is 0 Å². The van der Waals surface area contributed by atoms with Crippen molar-refractivity contribution in [1.82, 2.24) is 10.2 Å². The molecule has 3 rings (SSSR count). The van der Waals surface area contributed by atoms with E-state index in [1.165, 1.54) is 44.1 Å². The van der Waals surface area contributed by atoms with Crippen molar-refractivity contribution in [3.05, 3.63) is 29.8 Å². The van der Waals surface area contributed by atoms with Crippen molar-refractivity contribution >= 4 is 6.03 Å². The normalized spacial score (nSPS) is 21.8. The molecule has 1 heterocycles. The number of phenolic OH excluding ortho intramolecular Hbond substituents is 1. The molecule has 1 aliphatic heterocycles. The summed E-state index contributed by atoms with van der Waals surface area (Å²) in [5.74, 6) is 1.03. The summed E-state index contributed by atoms with van der Waals surface area (Å²) in [6.07, 6.45) is 10.8. The average molecular weight is 330 g/mol. The minimum atomic E-state index is 0.133. The Balaban J connectivity index is 1.41. The van der Waals surface area contributed by atoms with Gasteiger partial charge in [-0.25, -0.2) is 4.79 Å². The highest BCUT2D eigenvalue weighted by molar-refractivity contribution is 5.74. The Morgan fingerprint density at radius 1 is 1.08 bits per heavy atom. The van der Waals surface area contributed by atoms with Crippen molar-refractivity contribution < 1.29 is 9.90 Å². The van der Waals surface area contributed by atoms with E-state index in [-0.39, 0.29) is 6.03 Å². The van der Waals surface area contributed by atoms with E-state index < -0.39 is 0 Å². The fourth-order valence-corrected chi connectivity index (χ4v) is 4.31. The number of amides is 2. The van der Waals surface area contributed by atoms with Crippen LogP contribution in [0.15, 0.2) is 24.3 Å². The fourth-order valence-electron chi connectivity index (χ4n) is 4.31. The summed E-state index contributed by atoms with van der Waals surface area (Å²) in [6, 6.07) is 7.92. The Morgan fingerprint density at radius 3 is 2.58 bits per heavy atom. The van der Waals surface area contributed by atoms with E-state index in [4.69, 9.17) is 0 Å². The standard InChI is InChI=1S/C20H30N2O2/c23-18-12-10-16(11-13-18)6-4-14-21-20(24)22-15-5-9-19(22)17-7-2-1-3-8-17/h10-13,17,19,23H,1-9,14-15H2,(H,21,24).